The Labute approximate surface area is 151 Å². The van der Waals surface area contributed by atoms with Gasteiger partial charge in [-0.15, -0.1) is 0 Å². The Hall–Kier alpha value is -1.79. The van der Waals surface area contributed by atoms with E-state index in [-0.39, 0.29) is 18.1 Å². The number of methoxy groups -OCH3 is 1. The monoisotopic (exact) mass is 361 g/mol. The van der Waals surface area contributed by atoms with Gasteiger partial charge in [0, 0.05) is 11.6 Å². The number of para-hydroxylation sites is 1. The molecule has 0 bridgehead atoms. The summed E-state index contributed by atoms with van der Waals surface area (Å²) >= 11 is 6.67. The first-order valence-corrected chi connectivity index (χ1v) is 8.97. The minimum atomic E-state index is -0.170. The predicted octanol–water partition coefficient (Wildman–Crippen LogP) is 4.01. The van der Waals surface area contributed by atoms with Gasteiger partial charge in [0.2, 0.25) is 0 Å². The zero-order chi connectivity index (χ0) is 17.4. The van der Waals surface area contributed by atoms with Gasteiger partial charge in [-0.2, -0.15) is 0 Å². The molecule has 0 N–H and O–H groups in total. The molecule has 1 aromatic carbocycles. The van der Waals surface area contributed by atoms with E-state index in [2.05, 4.69) is 0 Å². The van der Waals surface area contributed by atoms with Crippen LogP contribution in [0, 0.1) is 0 Å². The topological polar surface area (TPSA) is 38.8 Å². The molecule has 1 unspecified atom stereocenters. The van der Waals surface area contributed by atoms with Crippen LogP contribution in [-0.2, 0) is 4.79 Å². The first-order chi connectivity index (χ1) is 11.4. The number of hydrogen-bond donors (Lipinski definition) is 0. The van der Waals surface area contributed by atoms with Crippen LogP contribution >= 0.6 is 24.0 Å². The maximum Gasteiger partial charge on any atom is 0.266 e. The maximum atomic E-state index is 12.5. The first kappa shape index (κ1) is 17.0. The van der Waals surface area contributed by atoms with E-state index < -0.39 is 0 Å². The van der Waals surface area contributed by atoms with Crippen LogP contribution in [-0.4, -0.2) is 34.4 Å². The van der Waals surface area contributed by atoms with Gasteiger partial charge in [-0.25, -0.2) is 0 Å². The summed E-state index contributed by atoms with van der Waals surface area (Å²) in [6.45, 7) is 5.88. The molecule has 1 saturated heterocycles. The summed E-state index contributed by atoms with van der Waals surface area (Å²) in [5, 5.41) is 0. The van der Waals surface area contributed by atoms with Gasteiger partial charge in [-0.1, -0.05) is 36.1 Å². The number of hydrogen-bond acceptors (Lipinski definition) is 5. The van der Waals surface area contributed by atoms with Gasteiger partial charge in [-0.3, -0.25) is 9.69 Å². The fourth-order valence-electron chi connectivity index (χ4n) is 2.71. The molecule has 4 nitrogen and oxygen atoms in total. The van der Waals surface area contributed by atoms with Crippen molar-refractivity contribution >= 4 is 40.3 Å². The Kier molecular flexibility index (Phi) is 4.69. The Balaban J connectivity index is 1.97. The molecular formula is C18H19NO3S2. The van der Waals surface area contributed by atoms with E-state index in [0.717, 1.165) is 16.9 Å². The third-order valence-corrected chi connectivity index (χ3v) is 5.28. The number of rotatable bonds is 3. The Bertz CT molecular complexity index is 768. The lowest BCUT2D eigenvalue weighted by Gasteiger charge is -2.24. The summed E-state index contributed by atoms with van der Waals surface area (Å²) in [5.41, 5.74) is 1.89. The number of nitrogens with zero attached hydrogens (tertiary/aromatic N) is 1. The molecule has 0 saturated carbocycles. The number of thioether (sulfide) groups is 1. The van der Waals surface area contributed by atoms with Gasteiger partial charge in [-0.05, 0) is 44.6 Å². The van der Waals surface area contributed by atoms with Crippen LogP contribution < -0.4 is 9.47 Å². The lowest BCUT2D eigenvalue weighted by atomic mass is 10.0. The van der Waals surface area contributed by atoms with Crippen LogP contribution in [0.15, 0.2) is 34.8 Å². The Morgan fingerprint density at radius 1 is 1.42 bits per heavy atom. The second-order valence-electron chi connectivity index (χ2n) is 5.93. The molecule has 1 aromatic rings. The molecule has 1 fully saturated rings. The highest BCUT2D eigenvalue weighted by Gasteiger charge is 2.34. The standard InChI is InChI=1S/C18H19NO3S2/c1-10(2)19-17(20)15(24-18(19)23)9-13-8-12-6-5-7-14(21-4)16(12)22-11(13)3/h5-11H,1-4H3. The summed E-state index contributed by atoms with van der Waals surface area (Å²) in [6.07, 6.45) is 3.75. The third-order valence-electron chi connectivity index (χ3n) is 3.95. The van der Waals surface area contributed by atoms with E-state index in [4.69, 9.17) is 21.7 Å². The second kappa shape index (κ2) is 6.61. The minimum absolute atomic E-state index is 0.0375. The van der Waals surface area contributed by atoms with Crippen molar-refractivity contribution in [2.45, 2.75) is 32.9 Å². The number of ether oxygens (including phenoxy) is 2. The number of thiocarbonyl (C=S) groups is 1. The van der Waals surface area contributed by atoms with Crippen LogP contribution in [0.3, 0.4) is 0 Å². The maximum absolute atomic E-state index is 12.5. The molecule has 0 aliphatic carbocycles. The smallest absolute Gasteiger partial charge is 0.266 e. The summed E-state index contributed by atoms with van der Waals surface area (Å²) in [4.78, 5) is 14.8. The highest BCUT2D eigenvalue weighted by Crippen LogP contribution is 2.40. The molecule has 1 amide bonds. The molecule has 0 aromatic heterocycles. The number of benzene rings is 1. The molecular weight excluding hydrogens is 342 g/mol. The molecule has 2 heterocycles. The summed E-state index contributed by atoms with van der Waals surface area (Å²) < 4.78 is 12.0. The molecule has 0 spiro atoms. The lowest BCUT2D eigenvalue weighted by Crippen LogP contribution is -2.34. The van der Waals surface area contributed by atoms with E-state index in [1.807, 2.05) is 51.1 Å². The SMILES string of the molecule is COc1cccc2c1OC(C)C(C=C1SC(=S)N(C(C)C)C1=O)=C2. The van der Waals surface area contributed by atoms with Crippen molar-refractivity contribution in [2.24, 2.45) is 0 Å². The van der Waals surface area contributed by atoms with Crippen molar-refractivity contribution in [3.05, 3.63) is 40.3 Å². The predicted molar refractivity (Wildman–Crippen MR) is 101 cm³/mol. The molecule has 2 aliphatic rings. The lowest BCUT2D eigenvalue weighted by molar-refractivity contribution is -0.123. The van der Waals surface area contributed by atoms with Crippen molar-refractivity contribution in [3.8, 4) is 11.5 Å². The van der Waals surface area contributed by atoms with Crippen LogP contribution in [0.5, 0.6) is 11.5 Å². The van der Waals surface area contributed by atoms with Crippen molar-refractivity contribution in [3.63, 3.8) is 0 Å². The fourth-order valence-corrected chi connectivity index (χ4v) is 4.23. The van der Waals surface area contributed by atoms with Crippen molar-refractivity contribution in [1.82, 2.24) is 4.90 Å². The average Bonchev–Trinajstić information content (AvgIpc) is 2.81. The molecule has 2 aliphatic heterocycles. The summed E-state index contributed by atoms with van der Waals surface area (Å²) in [7, 11) is 1.63. The van der Waals surface area contributed by atoms with Crippen LogP contribution in [0.2, 0.25) is 0 Å². The molecule has 3 rings (SSSR count). The van der Waals surface area contributed by atoms with Gasteiger partial charge in [0.1, 0.15) is 10.4 Å². The Morgan fingerprint density at radius 2 is 2.17 bits per heavy atom. The zero-order valence-electron chi connectivity index (χ0n) is 14.0. The van der Waals surface area contributed by atoms with Crippen LogP contribution in [0.1, 0.15) is 26.3 Å². The number of carbonyl (C=O) groups is 1. The summed E-state index contributed by atoms with van der Waals surface area (Å²) in [5.74, 6) is 1.41. The highest BCUT2D eigenvalue weighted by atomic mass is 32.2. The van der Waals surface area contributed by atoms with Gasteiger partial charge in [0.05, 0.1) is 12.0 Å². The number of amides is 1. The van der Waals surface area contributed by atoms with Gasteiger partial charge in [0.15, 0.2) is 11.5 Å². The quantitative estimate of drug-likeness (QED) is 0.601. The summed E-state index contributed by atoms with van der Waals surface area (Å²) in [6, 6.07) is 5.82. The zero-order valence-corrected chi connectivity index (χ0v) is 15.7. The van der Waals surface area contributed by atoms with Crippen LogP contribution in [0.25, 0.3) is 6.08 Å². The Morgan fingerprint density at radius 3 is 2.79 bits per heavy atom. The van der Waals surface area contributed by atoms with E-state index in [0.29, 0.717) is 15.0 Å². The fraction of sp³-hybridized carbons (Fsp3) is 0.333. The van der Waals surface area contributed by atoms with Gasteiger partial charge >= 0.3 is 0 Å². The van der Waals surface area contributed by atoms with E-state index in [1.165, 1.54) is 11.8 Å². The van der Waals surface area contributed by atoms with Crippen molar-refractivity contribution in [1.29, 1.82) is 0 Å². The number of carbonyl (C=O) groups excluding carboxylic acids is 1. The molecule has 24 heavy (non-hydrogen) atoms. The molecule has 6 heteroatoms. The second-order valence-corrected chi connectivity index (χ2v) is 7.60. The van der Waals surface area contributed by atoms with Crippen molar-refractivity contribution in [2.75, 3.05) is 7.11 Å². The molecule has 126 valence electrons. The van der Waals surface area contributed by atoms with Gasteiger partial charge in [0.25, 0.3) is 5.91 Å². The average molecular weight is 361 g/mol. The molecule has 1 atom stereocenters. The first-order valence-electron chi connectivity index (χ1n) is 7.74. The van der Waals surface area contributed by atoms with E-state index >= 15 is 0 Å². The highest BCUT2D eigenvalue weighted by molar-refractivity contribution is 8.26. The third kappa shape index (κ3) is 2.96. The largest absolute Gasteiger partial charge is 0.493 e. The van der Waals surface area contributed by atoms with Gasteiger partial charge < -0.3 is 9.47 Å². The number of fused-ring (bicyclic) bond motifs is 1. The van der Waals surface area contributed by atoms with E-state index in [9.17, 15) is 4.79 Å². The normalized spacial score (nSPS) is 21.9. The van der Waals surface area contributed by atoms with E-state index in [1.54, 1.807) is 12.0 Å². The van der Waals surface area contributed by atoms with Crippen molar-refractivity contribution < 1.29 is 14.3 Å². The van der Waals surface area contributed by atoms with Crippen LogP contribution in [0.4, 0.5) is 0 Å². The minimum Gasteiger partial charge on any atom is -0.493 e. The molecule has 0 radical (unpaired) electrons.